The predicted molar refractivity (Wildman–Crippen MR) is 66.9 cm³/mol. The molecule has 0 aliphatic carbocycles. The Bertz CT molecular complexity index is 434. The Morgan fingerprint density at radius 2 is 2.00 bits per heavy atom. The second kappa shape index (κ2) is 4.06. The molecule has 0 aromatic heterocycles. The third kappa shape index (κ3) is 2.78. The molecule has 2 rings (SSSR count). The predicted octanol–water partition coefficient (Wildman–Crippen LogP) is 3.29. The van der Waals surface area contributed by atoms with Crippen LogP contribution >= 0.6 is 0 Å². The Morgan fingerprint density at radius 1 is 1.35 bits per heavy atom. The van der Waals surface area contributed by atoms with Crippen LogP contribution in [-0.2, 0) is 4.74 Å². The minimum absolute atomic E-state index is 0.200. The third-order valence-corrected chi connectivity index (χ3v) is 2.79. The molecule has 1 heterocycles. The van der Waals surface area contributed by atoms with Gasteiger partial charge < -0.3 is 4.74 Å². The Kier molecular flexibility index (Phi) is 2.86. The molecule has 1 aliphatic rings. The minimum atomic E-state index is -0.421. The lowest BCUT2D eigenvalue weighted by molar-refractivity contribution is 0.0406. The van der Waals surface area contributed by atoms with Crippen molar-refractivity contribution in [3.63, 3.8) is 0 Å². The minimum Gasteiger partial charge on any atom is -0.444 e. The number of carbonyl (C=O) groups is 1. The van der Waals surface area contributed by atoms with E-state index < -0.39 is 5.60 Å². The molecule has 1 saturated heterocycles. The van der Waals surface area contributed by atoms with E-state index in [1.54, 1.807) is 4.90 Å². The zero-order chi connectivity index (χ0) is 12.6. The molecule has 0 radical (unpaired) electrons. The van der Waals surface area contributed by atoms with Crippen LogP contribution in [0.5, 0.6) is 0 Å². The summed E-state index contributed by atoms with van der Waals surface area (Å²) in [4.78, 5) is 13.6. The molecule has 92 valence electrons. The molecular formula is C14H19NO2. The normalized spacial score (nSPS) is 19.1. The van der Waals surface area contributed by atoms with E-state index >= 15 is 0 Å². The molecule has 1 aliphatic heterocycles. The molecule has 3 nitrogen and oxygen atoms in total. The van der Waals surface area contributed by atoms with Gasteiger partial charge in [-0.25, -0.2) is 4.79 Å². The van der Waals surface area contributed by atoms with Crippen molar-refractivity contribution in [3.05, 3.63) is 35.4 Å². The van der Waals surface area contributed by atoms with Crippen LogP contribution in [0.3, 0.4) is 0 Å². The highest BCUT2D eigenvalue weighted by molar-refractivity contribution is 5.72. The SMILES string of the molecule is Cc1ccccc1C1CN1C(=O)OC(C)(C)C. The Hall–Kier alpha value is -1.51. The Balaban J connectivity index is 2.02. The number of rotatable bonds is 1. The maximum atomic E-state index is 11.8. The Labute approximate surface area is 102 Å². The van der Waals surface area contributed by atoms with Gasteiger partial charge in [-0.1, -0.05) is 24.3 Å². The highest BCUT2D eigenvalue weighted by Gasteiger charge is 2.42. The summed E-state index contributed by atoms with van der Waals surface area (Å²) in [6.45, 7) is 8.49. The Morgan fingerprint density at radius 3 is 2.59 bits per heavy atom. The first kappa shape index (κ1) is 12.0. The summed E-state index contributed by atoms with van der Waals surface area (Å²) in [5, 5.41) is 0. The van der Waals surface area contributed by atoms with Crippen molar-refractivity contribution in [3.8, 4) is 0 Å². The lowest BCUT2D eigenvalue weighted by atomic mass is 10.1. The first-order chi connectivity index (χ1) is 7.88. The van der Waals surface area contributed by atoms with E-state index in [4.69, 9.17) is 4.74 Å². The van der Waals surface area contributed by atoms with Crippen LogP contribution in [0.15, 0.2) is 24.3 Å². The maximum Gasteiger partial charge on any atom is 0.410 e. The van der Waals surface area contributed by atoms with Gasteiger partial charge in [0.2, 0.25) is 0 Å². The summed E-state index contributed by atoms with van der Waals surface area (Å²) in [5.41, 5.74) is 2.03. The fourth-order valence-electron chi connectivity index (χ4n) is 1.89. The fourth-order valence-corrected chi connectivity index (χ4v) is 1.89. The standard InChI is InChI=1S/C14H19NO2/c1-10-7-5-6-8-11(10)12-9-15(12)13(16)17-14(2,3)4/h5-8,12H,9H2,1-4H3. The second-order valence-corrected chi connectivity index (χ2v) is 5.51. The zero-order valence-corrected chi connectivity index (χ0v) is 10.9. The summed E-state index contributed by atoms with van der Waals surface area (Å²) in [6, 6.07) is 8.36. The molecule has 1 aromatic carbocycles. The van der Waals surface area contributed by atoms with Crippen molar-refractivity contribution in [1.82, 2.24) is 4.90 Å². The number of carbonyl (C=O) groups excluding carboxylic acids is 1. The van der Waals surface area contributed by atoms with Gasteiger partial charge in [0.1, 0.15) is 5.60 Å². The van der Waals surface area contributed by atoms with E-state index in [1.807, 2.05) is 32.9 Å². The smallest absolute Gasteiger partial charge is 0.410 e. The van der Waals surface area contributed by atoms with Crippen molar-refractivity contribution in [2.75, 3.05) is 6.54 Å². The first-order valence-electron chi connectivity index (χ1n) is 5.93. The largest absolute Gasteiger partial charge is 0.444 e. The van der Waals surface area contributed by atoms with Gasteiger partial charge in [0, 0.05) is 6.54 Å². The molecule has 1 amide bonds. The molecule has 0 bridgehead atoms. The van der Waals surface area contributed by atoms with Crippen molar-refractivity contribution >= 4 is 6.09 Å². The maximum absolute atomic E-state index is 11.8. The number of nitrogens with zero attached hydrogens (tertiary/aromatic N) is 1. The van der Waals surface area contributed by atoms with Crippen molar-refractivity contribution < 1.29 is 9.53 Å². The summed E-state index contributed by atoms with van der Waals surface area (Å²) >= 11 is 0. The van der Waals surface area contributed by atoms with Crippen molar-refractivity contribution in [2.45, 2.75) is 39.3 Å². The van der Waals surface area contributed by atoms with Crippen LogP contribution in [0.4, 0.5) is 4.79 Å². The van der Waals surface area contributed by atoms with E-state index in [-0.39, 0.29) is 12.1 Å². The monoisotopic (exact) mass is 233 g/mol. The van der Waals surface area contributed by atoms with Crippen molar-refractivity contribution in [2.24, 2.45) is 0 Å². The average Bonchev–Trinajstić information content (AvgIpc) is 2.95. The summed E-state index contributed by atoms with van der Waals surface area (Å²) in [7, 11) is 0. The number of amides is 1. The van der Waals surface area contributed by atoms with E-state index in [2.05, 4.69) is 19.1 Å². The average molecular weight is 233 g/mol. The summed E-state index contributed by atoms with van der Waals surface area (Å²) in [6.07, 6.45) is -0.217. The van der Waals surface area contributed by atoms with Crippen LogP contribution in [0, 0.1) is 6.92 Å². The molecule has 17 heavy (non-hydrogen) atoms. The van der Waals surface area contributed by atoms with Gasteiger partial charge in [-0.05, 0) is 38.8 Å². The van der Waals surface area contributed by atoms with Gasteiger partial charge in [0.15, 0.2) is 0 Å². The molecular weight excluding hydrogens is 214 g/mol. The van der Waals surface area contributed by atoms with Gasteiger partial charge in [-0.2, -0.15) is 0 Å². The van der Waals surface area contributed by atoms with Crippen LogP contribution in [-0.4, -0.2) is 23.1 Å². The summed E-state index contributed by atoms with van der Waals surface area (Å²) < 4.78 is 5.34. The van der Waals surface area contributed by atoms with E-state index in [9.17, 15) is 4.79 Å². The van der Waals surface area contributed by atoms with E-state index in [0.29, 0.717) is 0 Å². The summed E-state index contributed by atoms with van der Waals surface area (Å²) in [5.74, 6) is 0. The van der Waals surface area contributed by atoms with Crippen LogP contribution in [0.1, 0.15) is 37.9 Å². The zero-order valence-electron chi connectivity index (χ0n) is 10.9. The van der Waals surface area contributed by atoms with Crippen LogP contribution in [0.25, 0.3) is 0 Å². The van der Waals surface area contributed by atoms with E-state index in [0.717, 1.165) is 6.54 Å². The van der Waals surface area contributed by atoms with Gasteiger partial charge >= 0.3 is 6.09 Å². The molecule has 0 spiro atoms. The van der Waals surface area contributed by atoms with Gasteiger partial charge in [0.05, 0.1) is 6.04 Å². The molecule has 1 fully saturated rings. The van der Waals surface area contributed by atoms with E-state index in [1.165, 1.54) is 11.1 Å². The van der Waals surface area contributed by atoms with Crippen LogP contribution in [0.2, 0.25) is 0 Å². The fraction of sp³-hybridized carbons (Fsp3) is 0.500. The number of hydrogen-bond acceptors (Lipinski definition) is 2. The number of hydrogen-bond donors (Lipinski definition) is 0. The lowest BCUT2D eigenvalue weighted by Crippen LogP contribution is -2.27. The molecule has 1 unspecified atom stereocenters. The first-order valence-corrected chi connectivity index (χ1v) is 5.93. The molecule has 0 saturated carbocycles. The molecule has 0 N–H and O–H groups in total. The van der Waals surface area contributed by atoms with Crippen molar-refractivity contribution in [1.29, 1.82) is 0 Å². The third-order valence-electron chi connectivity index (χ3n) is 2.79. The molecule has 1 aromatic rings. The van der Waals surface area contributed by atoms with Gasteiger partial charge in [0.25, 0.3) is 0 Å². The van der Waals surface area contributed by atoms with Gasteiger partial charge in [-0.3, -0.25) is 4.90 Å². The lowest BCUT2D eigenvalue weighted by Gasteiger charge is -2.20. The topological polar surface area (TPSA) is 29.3 Å². The number of benzene rings is 1. The van der Waals surface area contributed by atoms with Gasteiger partial charge in [-0.15, -0.1) is 0 Å². The number of aryl methyl sites for hydroxylation is 1. The molecule has 3 heteroatoms. The highest BCUT2D eigenvalue weighted by Crippen LogP contribution is 2.37. The quantitative estimate of drug-likeness (QED) is 0.696. The second-order valence-electron chi connectivity index (χ2n) is 5.51. The molecule has 1 atom stereocenters. The number of ether oxygens (including phenoxy) is 1. The highest BCUT2D eigenvalue weighted by atomic mass is 16.6. The van der Waals surface area contributed by atoms with Crippen LogP contribution < -0.4 is 0 Å².